The number of nitrogens with one attached hydrogen (secondary N) is 1. The Kier molecular flexibility index (Phi) is 4.26. The maximum atomic E-state index is 12.4. The van der Waals surface area contributed by atoms with Crippen LogP contribution in [0.5, 0.6) is 11.5 Å². The van der Waals surface area contributed by atoms with Crippen molar-refractivity contribution in [3.05, 3.63) is 48.3 Å². The summed E-state index contributed by atoms with van der Waals surface area (Å²) in [7, 11) is -3.61. The average Bonchev–Trinajstić information content (AvgIpc) is 2.78. The number of hydrogen-bond acceptors (Lipinski definition) is 5. The van der Waals surface area contributed by atoms with Crippen molar-refractivity contribution in [2.75, 3.05) is 13.2 Å². The molecule has 6 nitrogen and oxygen atoms in total. The van der Waals surface area contributed by atoms with Gasteiger partial charge in [0.05, 0.1) is 18.1 Å². The predicted octanol–water partition coefficient (Wildman–Crippen LogP) is 1.72. The number of sulfonamides is 1. The largest absolute Gasteiger partial charge is 0.490 e. The van der Waals surface area contributed by atoms with Gasteiger partial charge in [0, 0.05) is 31.4 Å². The molecule has 116 valence electrons. The van der Waals surface area contributed by atoms with E-state index in [1.807, 2.05) is 0 Å². The van der Waals surface area contributed by atoms with Crippen LogP contribution in [0.2, 0.25) is 0 Å². The van der Waals surface area contributed by atoms with E-state index in [-0.39, 0.29) is 11.4 Å². The quantitative estimate of drug-likeness (QED) is 0.928. The van der Waals surface area contributed by atoms with Gasteiger partial charge in [-0.05, 0) is 29.8 Å². The van der Waals surface area contributed by atoms with Crippen LogP contribution in [0.25, 0.3) is 0 Å². The summed E-state index contributed by atoms with van der Waals surface area (Å²) in [6.07, 6.45) is 4.02. The molecule has 0 atom stereocenters. The van der Waals surface area contributed by atoms with Gasteiger partial charge >= 0.3 is 0 Å². The van der Waals surface area contributed by atoms with E-state index < -0.39 is 10.0 Å². The monoisotopic (exact) mass is 320 g/mol. The molecule has 22 heavy (non-hydrogen) atoms. The zero-order chi connectivity index (χ0) is 15.4. The fraction of sp³-hybridized carbons (Fsp3) is 0.267. The van der Waals surface area contributed by atoms with Gasteiger partial charge in [-0.3, -0.25) is 4.98 Å². The van der Waals surface area contributed by atoms with E-state index in [0.717, 1.165) is 12.0 Å². The first-order chi connectivity index (χ1) is 10.6. The molecule has 3 rings (SSSR count). The van der Waals surface area contributed by atoms with E-state index >= 15 is 0 Å². The molecule has 0 saturated carbocycles. The summed E-state index contributed by atoms with van der Waals surface area (Å²) in [6.45, 7) is 1.29. The van der Waals surface area contributed by atoms with E-state index in [4.69, 9.17) is 9.47 Å². The fourth-order valence-electron chi connectivity index (χ4n) is 2.07. The van der Waals surface area contributed by atoms with Gasteiger partial charge in [0.2, 0.25) is 10.0 Å². The minimum absolute atomic E-state index is 0.158. The summed E-state index contributed by atoms with van der Waals surface area (Å²) < 4.78 is 38.3. The molecule has 7 heteroatoms. The Labute approximate surface area is 129 Å². The maximum Gasteiger partial charge on any atom is 0.241 e. The number of rotatable bonds is 4. The lowest BCUT2D eigenvalue weighted by Gasteiger charge is -2.11. The number of ether oxygens (including phenoxy) is 2. The topological polar surface area (TPSA) is 77.5 Å². The second kappa shape index (κ2) is 6.33. The highest BCUT2D eigenvalue weighted by Gasteiger charge is 2.18. The van der Waals surface area contributed by atoms with E-state index in [9.17, 15) is 8.42 Å². The van der Waals surface area contributed by atoms with Crippen molar-refractivity contribution in [3.63, 3.8) is 0 Å². The van der Waals surface area contributed by atoms with Gasteiger partial charge in [0.1, 0.15) is 0 Å². The molecule has 1 aliphatic heterocycles. The second-order valence-electron chi connectivity index (χ2n) is 4.84. The van der Waals surface area contributed by atoms with Gasteiger partial charge in [-0.15, -0.1) is 0 Å². The molecule has 1 aromatic heterocycles. The molecule has 0 saturated heterocycles. The van der Waals surface area contributed by atoms with Crippen molar-refractivity contribution in [1.29, 1.82) is 0 Å². The molecule has 2 heterocycles. The Bertz CT molecular complexity index is 747. The van der Waals surface area contributed by atoms with Crippen LogP contribution in [0.3, 0.4) is 0 Å². The van der Waals surface area contributed by atoms with E-state index in [1.165, 1.54) is 12.1 Å². The molecule has 2 aromatic rings. The minimum Gasteiger partial charge on any atom is -0.490 e. The Morgan fingerprint density at radius 2 is 1.77 bits per heavy atom. The second-order valence-corrected chi connectivity index (χ2v) is 6.61. The Hall–Kier alpha value is -2.12. The Morgan fingerprint density at radius 3 is 2.55 bits per heavy atom. The summed E-state index contributed by atoms with van der Waals surface area (Å²) in [4.78, 5) is 4.06. The molecule has 0 bridgehead atoms. The number of aromatic nitrogens is 1. The molecule has 1 N–H and O–H groups in total. The van der Waals surface area contributed by atoms with E-state index in [1.54, 1.807) is 30.6 Å². The summed E-state index contributed by atoms with van der Waals surface area (Å²) in [5.41, 5.74) is 0.841. The maximum absolute atomic E-state index is 12.4. The predicted molar refractivity (Wildman–Crippen MR) is 80.3 cm³/mol. The summed E-state index contributed by atoms with van der Waals surface area (Å²) in [5.74, 6) is 1.04. The smallest absolute Gasteiger partial charge is 0.241 e. The Morgan fingerprint density at radius 1 is 1.05 bits per heavy atom. The zero-order valence-corrected chi connectivity index (χ0v) is 12.7. The molecule has 0 radical (unpaired) electrons. The highest BCUT2D eigenvalue weighted by atomic mass is 32.2. The van der Waals surface area contributed by atoms with Gasteiger partial charge in [-0.1, -0.05) is 0 Å². The molecule has 1 aliphatic rings. The number of hydrogen-bond donors (Lipinski definition) is 1. The molecular formula is C15H16N2O4S. The summed E-state index contributed by atoms with van der Waals surface area (Å²) >= 11 is 0. The van der Waals surface area contributed by atoms with Crippen molar-refractivity contribution in [1.82, 2.24) is 9.71 Å². The van der Waals surface area contributed by atoms with Crippen molar-refractivity contribution < 1.29 is 17.9 Å². The van der Waals surface area contributed by atoms with Crippen molar-refractivity contribution >= 4 is 10.0 Å². The lowest BCUT2D eigenvalue weighted by molar-refractivity contribution is 0.297. The summed E-state index contributed by atoms with van der Waals surface area (Å²) in [5, 5.41) is 0. The van der Waals surface area contributed by atoms with Gasteiger partial charge in [-0.2, -0.15) is 0 Å². The molecule has 0 amide bonds. The third kappa shape index (κ3) is 3.37. The van der Waals surface area contributed by atoms with Gasteiger partial charge in [-0.25, -0.2) is 13.1 Å². The number of nitrogens with zero attached hydrogens (tertiary/aromatic N) is 1. The van der Waals surface area contributed by atoms with Crippen molar-refractivity contribution in [2.24, 2.45) is 0 Å². The summed E-state index contributed by atoms with van der Waals surface area (Å²) in [6, 6.07) is 8.16. The number of benzene rings is 1. The first-order valence-corrected chi connectivity index (χ1v) is 8.42. The van der Waals surface area contributed by atoms with Crippen LogP contribution >= 0.6 is 0 Å². The zero-order valence-electron chi connectivity index (χ0n) is 11.9. The van der Waals surface area contributed by atoms with Crippen LogP contribution in [0.15, 0.2) is 47.6 Å². The first kappa shape index (κ1) is 14.8. The fourth-order valence-corrected chi connectivity index (χ4v) is 3.11. The van der Waals surface area contributed by atoms with Gasteiger partial charge in [0.15, 0.2) is 11.5 Å². The third-order valence-electron chi connectivity index (χ3n) is 3.24. The Balaban J connectivity index is 1.78. The molecule has 0 spiro atoms. The van der Waals surface area contributed by atoms with Crippen molar-refractivity contribution in [2.45, 2.75) is 17.9 Å². The first-order valence-electron chi connectivity index (χ1n) is 6.93. The van der Waals surface area contributed by atoms with Crippen LogP contribution in [-0.2, 0) is 16.6 Å². The molecule has 1 aromatic carbocycles. The molecule has 0 unspecified atom stereocenters. The van der Waals surface area contributed by atoms with Crippen LogP contribution in [-0.4, -0.2) is 26.6 Å². The minimum atomic E-state index is -3.61. The highest BCUT2D eigenvalue weighted by molar-refractivity contribution is 7.89. The molecule has 0 aliphatic carbocycles. The van der Waals surface area contributed by atoms with Crippen LogP contribution in [0, 0.1) is 0 Å². The number of pyridine rings is 1. The lowest BCUT2D eigenvalue weighted by atomic mass is 10.3. The van der Waals surface area contributed by atoms with E-state index in [0.29, 0.717) is 24.7 Å². The van der Waals surface area contributed by atoms with Crippen LogP contribution in [0.1, 0.15) is 12.0 Å². The van der Waals surface area contributed by atoms with E-state index in [2.05, 4.69) is 9.71 Å². The molecule has 0 fully saturated rings. The molecular weight excluding hydrogens is 304 g/mol. The highest BCUT2D eigenvalue weighted by Crippen LogP contribution is 2.31. The standard InChI is InChI=1S/C15H16N2O4S/c18-22(19,17-11-12-4-6-16-7-5-12)13-2-3-14-15(10-13)21-9-1-8-20-14/h2-7,10,17H,1,8-9,11H2. The van der Waals surface area contributed by atoms with Gasteiger partial charge in [0.25, 0.3) is 0 Å². The lowest BCUT2D eigenvalue weighted by Crippen LogP contribution is -2.23. The normalized spacial score (nSPS) is 14.4. The number of fused-ring (bicyclic) bond motifs is 1. The average molecular weight is 320 g/mol. The van der Waals surface area contributed by atoms with Crippen LogP contribution in [0.4, 0.5) is 0 Å². The third-order valence-corrected chi connectivity index (χ3v) is 4.64. The van der Waals surface area contributed by atoms with Crippen molar-refractivity contribution in [3.8, 4) is 11.5 Å². The van der Waals surface area contributed by atoms with Gasteiger partial charge < -0.3 is 9.47 Å². The van der Waals surface area contributed by atoms with Crippen LogP contribution < -0.4 is 14.2 Å². The SMILES string of the molecule is O=S(=O)(NCc1ccncc1)c1ccc2c(c1)OCCCO2.